The molecule has 0 atom stereocenters. The number of amides is 1. The highest BCUT2D eigenvalue weighted by Crippen LogP contribution is 2.41. The van der Waals surface area contributed by atoms with Gasteiger partial charge in [-0.3, -0.25) is 4.79 Å². The maximum atomic E-state index is 13.0. The summed E-state index contributed by atoms with van der Waals surface area (Å²) >= 11 is 0. The number of carbonyl (C=O) groups excluding carboxylic acids is 1. The molecule has 1 aliphatic carbocycles. The molecule has 1 heterocycles. The third-order valence-electron chi connectivity index (χ3n) is 4.91. The van der Waals surface area contributed by atoms with Crippen LogP contribution in [0.1, 0.15) is 49.6 Å². The zero-order chi connectivity index (χ0) is 16.3. The molecular weight excluding hydrogens is 288 g/mol. The molecule has 1 aromatic carbocycles. The first-order valence-electron chi connectivity index (χ1n) is 8.38. The summed E-state index contributed by atoms with van der Waals surface area (Å²) in [6, 6.07) is 8.37. The van der Waals surface area contributed by atoms with Crippen LogP contribution in [0.25, 0.3) is 0 Å². The molecule has 1 aromatic heterocycles. The minimum absolute atomic E-state index is 0.117. The molecule has 3 rings (SSSR count). The van der Waals surface area contributed by atoms with Crippen molar-refractivity contribution in [3.05, 3.63) is 47.5 Å². The van der Waals surface area contributed by atoms with Gasteiger partial charge in [0.05, 0.1) is 12.0 Å². The summed E-state index contributed by atoms with van der Waals surface area (Å²) in [5, 5.41) is 11.1. The number of carbonyl (C=O) groups is 1. The number of rotatable bonds is 5. The predicted molar refractivity (Wildman–Crippen MR) is 88.9 cm³/mol. The van der Waals surface area contributed by atoms with Gasteiger partial charge in [0, 0.05) is 6.54 Å². The Kier molecular flexibility index (Phi) is 4.46. The highest BCUT2D eigenvalue weighted by Gasteiger charge is 2.42. The predicted octanol–water partition coefficient (Wildman–Crippen LogP) is 2.73. The average molecular weight is 312 g/mol. The van der Waals surface area contributed by atoms with Crippen molar-refractivity contribution in [3.63, 3.8) is 0 Å². The van der Waals surface area contributed by atoms with Crippen molar-refractivity contribution in [1.82, 2.24) is 20.1 Å². The first-order chi connectivity index (χ1) is 11.2. The Morgan fingerprint density at radius 1 is 1.35 bits per heavy atom. The lowest BCUT2D eigenvalue weighted by atomic mass is 9.77. The minimum Gasteiger partial charge on any atom is -0.348 e. The summed E-state index contributed by atoms with van der Waals surface area (Å²) in [5.74, 6) is 0.921. The molecule has 0 unspecified atom stereocenters. The molecule has 1 amide bonds. The second kappa shape index (κ2) is 6.52. The zero-order valence-electron chi connectivity index (χ0n) is 13.9. The number of aryl methyl sites for hydroxylation is 2. The van der Waals surface area contributed by atoms with Crippen LogP contribution in [0.3, 0.4) is 0 Å². The standard InChI is InChI=1S/C18H24N4O/c1-3-22-13-20-21-16(22)12-19-17(23)18(9-4-5-10-18)15-8-6-7-14(2)11-15/h6-8,11,13H,3-5,9-10,12H2,1-2H3,(H,19,23). The van der Waals surface area contributed by atoms with Crippen LogP contribution < -0.4 is 5.32 Å². The third kappa shape index (κ3) is 3.00. The van der Waals surface area contributed by atoms with Gasteiger partial charge >= 0.3 is 0 Å². The van der Waals surface area contributed by atoms with Crippen LogP contribution in [-0.4, -0.2) is 20.7 Å². The van der Waals surface area contributed by atoms with Gasteiger partial charge in [0.15, 0.2) is 5.82 Å². The Bertz CT molecular complexity index is 686. The molecule has 0 radical (unpaired) electrons. The van der Waals surface area contributed by atoms with Crippen molar-refractivity contribution in [2.24, 2.45) is 0 Å². The van der Waals surface area contributed by atoms with Crippen molar-refractivity contribution in [2.75, 3.05) is 0 Å². The molecule has 1 aliphatic rings. The molecular formula is C18H24N4O. The van der Waals surface area contributed by atoms with E-state index in [2.05, 4.69) is 40.6 Å². The van der Waals surface area contributed by atoms with Gasteiger partial charge in [0.2, 0.25) is 5.91 Å². The van der Waals surface area contributed by atoms with Gasteiger partial charge in [0.25, 0.3) is 0 Å². The highest BCUT2D eigenvalue weighted by atomic mass is 16.2. The smallest absolute Gasteiger partial charge is 0.231 e. The van der Waals surface area contributed by atoms with Crippen molar-refractivity contribution in [2.45, 2.75) is 58.0 Å². The van der Waals surface area contributed by atoms with Crippen LogP contribution in [0.5, 0.6) is 0 Å². The average Bonchev–Trinajstić information content (AvgIpc) is 3.22. The first kappa shape index (κ1) is 15.7. The van der Waals surface area contributed by atoms with Gasteiger partial charge < -0.3 is 9.88 Å². The topological polar surface area (TPSA) is 59.8 Å². The second-order valence-corrected chi connectivity index (χ2v) is 6.37. The summed E-state index contributed by atoms with van der Waals surface area (Å²) in [6.45, 7) is 5.36. The number of nitrogens with one attached hydrogen (secondary N) is 1. The van der Waals surface area contributed by atoms with Crippen LogP contribution >= 0.6 is 0 Å². The Hall–Kier alpha value is -2.17. The van der Waals surface area contributed by atoms with Gasteiger partial charge in [-0.25, -0.2) is 0 Å². The Labute approximate surface area is 137 Å². The molecule has 0 aliphatic heterocycles. The summed E-state index contributed by atoms with van der Waals surface area (Å²) in [7, 11) is 0. The Morgan fingerprint density at radius 3 is 2.83 bits per heavy atom. The third-order valence-corrected chi connectivity index (χ3v) is 4.91. The summed E-state index contributed by atoms with van der Waals surface area (Å²) < 4.78 is 1.95. The second-order valence-electron chi connectivity index (χ2n) is 6.37. The zero-order valence-corrected chi connectivity index (χ0v) is 13.9. The molecule has 23 heavy (non-hydrogen) atoms. The number of aromatic nitrogens is 3. The van der Waals surface area contributed by atoms with Crippen LogP contribution in [0, 0.1) is 6.92 Å². The minimum atomic E-state index is -0.386. The normalized spacial score (nSPS) is 16.4. The lowest BCUT2D eigenvalue weighted by Crippen LogP contribution is -2.42. The molecule has 0 bridgehead atoms. The molecule has 5 nitrogen and oxygen atoms in total. The van der Waals surface area contributed by atoms with E-state index in [1.54, 1.807) is 6.33 Å². The van der Waals surface area contributed by atoms with E-state index in [9.17, 15) is 4.79 Å². The Morgan fingerprint density at radius 2 is 2.13 bits per heavy atom. The maximum absolute atomic E-state index is 13.0. The molecule has 5 heteroatoms. The van der Waals surface area contributed by atoms with Crippen LogP contribution in [0.2, 0.25) is 0 Å². The van der Waals surface area contributed by atoms with Gasteiger partial charge in [0.1, 0.15) is 6.33 Å². The van der Waals surface area contributed by atoms with Gasteiger partial charge in [-0.15, -0.1) is 10.2 Å². The highest BCUT2D eigenvalue weighted by molar-refractivity contribution is 5.88. The van der Waals surface area contributed by atoms with Gasteiger partial charge in [-0.2, -0.15) is 0 Å². The lowest BCUT2D eigenvalue weighted by molar-refractivity contribution is -0.126. The fourth-order valence-corrected chi connectivity index (χ4v) is 3.58. The van der Waals surface area contributed by atoms with Crippen molar-refractivity contribution < 1.29 is 4.79 Å². The van der Waals surface area contributed by atoms with Crippen LogP contribution in [0.15, 0.2) is 30.6 Å². The van der Waals surface area contributed by atoms with Gasteiger partial charge in [-0.1, -0.05) is 42.7 Å². The van der Waals surface area contributed by atoms with E-state index in [-0.39, 0.29) is 11.3 Å². The largest absolute Gasteiger partial charge is 0.348 e. The summed E-state index contributed by atoms with van der Waals surface area (Å²) in [5.41, 5.74) is 1.96. The molecule has 0 saturated heterocycles. The Balaban J connectivity index is 1.80. The van der Waals surface area contributed by atoms with E-state index in [1.165, 1.54) is 5.56 Å². The van der Waals surface area contributed by atoms with Crippen LogP contribution in [-0.2, 0) is 23.3 Å². The molecule has 122 valence electrons. The van der Waals surface area contributed by atoms with E-state index < -0.39 is 0 Å². The molecule has 1 N–H and O–H groups in total. The number of hydrogen-bond donors (Lipinski definition) is 1. The number of nitrogens with zero attached hydrogens (tertiary/aromatic N) is 3. The monoisotopic (exact) mass is 312 g/mol. The van der Waals surface area contributed by atoms with E-state index in [4.69, 9.17) is 0 Å². The molecule has 1 fully saturated rings. The van der Waals surface area contributed by atoms with Crippen LogP contribution in [0.4, 0.5) is 0 Å². The van der Waals surface area contributed by atoms with E-state index in [1.807, 2.05) is 17.6 Å². The van der Waals surface area contributed by atoms with Gasteiger partial charge in [-0.05, 0) is 32.3 Å². The fourth-order valence-electron chi connectivity index (χ4n) is 3.58. The van der Waals surface area contributed by atoms with Crippen molar-refractivity contribution >= 4 is 5.91 Å². The maximum Gasteiger partial charge on any atom is 0.231 e. The quantitative estimate of drug-likeness (QED) is 0.923. The number of benzene rings is 1. The number of hydrogen-bond acceptors (Lipinski definition) is 3. The van der Waals surface area contributed by atoms with Crippen molar-refractivity contribution in [3.8, 4) is 0 Å². The SMILES string of the molecule is CCn1cnnc1CNC(=O)C1(c2cccc(C)c2)CCCC1. The summed E-state index contributed by atoms with van der Waals surface area (Å²) in [4.78, 5) is 13.0. The van der Waals surface area contributed by atoms with E-state index in [0.717, 1.165) is 43.6 Å². The summed E-state index contributed by atoms with van der Waals surface area (Å²) in [6.07, 6.45) is 5.75. The van der Waals surface area contributed by atoms with Crippen molar-refractivity contribution in [1.29, 1.82) is 0 Å². The van der Waals surface area contributed by atoms with E-state index >= 15 is 0 Å². The first-order valence-corrected chi connectivity index (χ1v) is 8.38. The molecule has 0 spiro atoms. The fraction of sp³-hybridized carbons (Fsp3) is 0.500. The van der Waals surface area contributed by atoms with E-state index in [0.29, 0.717) is 6.54 Å². The molecule has 1 saturated carbocycles. The lowest BCUT2D eigenvalue weighted by Gasteiger charge is -2.28. The molecule has 2 aromatic rings.